The van der Waals surface area contributed by atoms with Gasteiger partial charge in [0.05, 0.1) is 16.4 Å². The fourth-order valence-corrected chi connectivity index (χ4v) is 4.57. The lowest BCUT2D eigenvalue weighted by atomic mass is 10.2. The lowest BCUT2D eigenvalue weighted by Crippen LogP contribution is -2.34. The molecule has 0 aliphatic carbocycles. The number of rotatable bonds is 6. The highest BCUT2D eigenvalue weighted by Gasteiger charge is 2.36. The molecule has 1 fully saturated rings. The summed E-state index contributed by atoms with van der Waals surface area (Å²) in [4.78, 5) is 37.5. The first kappa shape index (κ1) is 22.8. The molecule has 0 unspecified atom stereocenters. The number of amides is 2. The van der Waals surface area contributed by atoms with E-state index in [2.05, 4.69) is 0 Å². The van der Waals surface area contributed by atoms with Crippen molar-refractivity contribution in [2.45, 2.75) is 25.7 Å². The molecule has 0 radical (unpaired) electrons. The number of aromatic nitrogens is 1. The van der Waals surface area contributed by atoms with Crippen LogP contribution >= 0.6 is 11.8 Å². The molecule has 0 saturated carbocycles. The molecule has 2 aromatic rings. The van der Waals surface area contributed by atoms with E-state index in [1.54, 1.807) is 25.1 Å². The van der Waals surface area contributed by atoms with Gasteiger partial charge in [0, 0.05) is 17.1 Å². The van der Waals surface area contributed by atoms with Crippen LogP contribution in [0.5, 0.6) is 0 Å². The minimum absolute atomic E-state index is 0.00853. The van der Waals surface area contributed by atoms with Crippen molar-refractivity contribution in [1.29, 1.82) is 0 Å². The predicted molar refractivity (Wildman–Crippen MR) is 116 cm³/mol. The molecule has 3 rings (SSSR count). The SMILES string of the molecule is CCOC(=O)CN1C(=O)S/C(=C/c2cc(C)n(-c3ccc(S(N)(=O)=O)cc3)c2C)C1=O. The summed E-state index contributed by atoms with van der Waals surface area (Å²) in [7, 11) is -3.79. The van der Waals surface area contributed by atoms with Crippen LogP contribution in [0.25, 0.3) is 11.8 Å². The van der Waals surface area contributed by atoms with Crippen LogP contribution in [0.15, 0.2) is 40.1 Å². The second-order valence-corrected chi connectivity index (χ2v) is 9.33. The number of carbonyl (C=O) groups is 3. The monoisotopic (exact) mass is 463 g/mol. The third-order valence-corrected chi connectivity index (χ3v) is 6.48. The van der Waals surface area contributed by atoms with Gasteiger partial charge in [0.25, 0.3) is 11.1 Å². The summed E-state index contributed by atoms with van der Waals surface area (Å²) in [5.74, 6) is -1.20. The van der Waals surface area contributed by atoms with Gasteiger partial charge < -0.3 is 9.30 Å². The van der Waals surface area contributed by atoms with Gasteiger partial charge in [-0.05, 0) is 74.5 Å². The van der Waals surface area contributed by atoms with Gasteiger partial charge in [-0.3, -0.25) is 19.3 Å². The van der Waals surface area contributed by atoms with Gasteiger partial charge in [0.2, 0.25) is 10.0 Å². The second-order valence-electron chi connectivity index (χ2n) is 6.77. The molecule has 164 valence electrons. The van der Waals surface area contributed by atoms with Crippen LogP contribution in [-0.2, 0) is 24.3 Å². The van der Waals surface area contributed by atoms with Crippen molar-refractivity contribution in [3.8, 4) is 5.69 Å². The summed E-state index contributed by atoms with van der Waals surface area (Å²) in [6.07, 6.45) is 1.60. The van der Waals surface area contributed by atoms with E-state index in [0.29, 0.717) is 0 Å². The van der Waals surface area contributed by atoms with Crippen molar-refractivity contribution >= 4 is 45.0 Å². The Morgan fingerprint density at radius 1 is 1.19 bits per heavy atom. The largest absolute Gasteiger partial charge is 0.465 e. The number of nitrogens with zero attached hydrogens (tertiary/aromatic N) is 2. The summed E-state index contributed by atoms with van der Waals surface area (Å²) < 4.78 is 29.6. The number of sulfonamides is 1. The Morgan fingerprint density at radius 3 is 2.42 bits per heavy atom. The smallest absolute Gasteiger partial charge is 0.326 e. The molecule has 1 aliphatic rings. The highest BCUT2D eigenvalue weighted by molar-refractivity contribution is 8.18. The molecule has 2 N–H and O–H groups in total. The number of thioether (sulfide) groups is 1. The Morgan fingerprint density at radius 2 is 1.84 bits per heavy atom. The minimum atomic E-state index is -3.79. The number of nitrogens with two attached hydrogens (primary N) is 1. The summed E-state index contributed by atoms with van der Waals surface area (Å²) in [5.41, 5.74) is 3.07. The lowest BCUT2D eigenvalue weighted by Gasteiger charge is -2.11. The van der Waals surface area contributed by atoms with E-state index in [9.17, 15) is 22.8 Å². The van der Waals surface area contributed by atoms with Crippen LogP contribution in [0.4, 0.5) is 4.79 Å². The van der Waals surface area contributed by atoms with E-state index in [1.807, 2.05) is 24.5 Å². The zero-order chi connectivity index (χ0) is 22.9. The van der Waals surface area contributed by atoms with Crippen LogP contribution in [-0.4, -0.2) is 48.2 Å². The Labute approximate surface area is 183 Å². The molecular weight excluding hydrogens is 442 g/mol. The first-order valence-corrected chi connectivity index (χ1v) is 11.6. The van der Waals surface area contributed by atoms with Crippen LogP contribution in [0.1, 0.15) is 23.9 Å². The lowest BCUT2D eigenvalue weighted by molar-refractivity contribution is -0.145. The van der Waals surface area contributed by atoms with Crippen molar-refractivity contribution in [3.63, 3.8) is 0 Å². The van der Waals surface area contributed by atoms with E-state index >= 15 is 0 Å². The van der Waals surface area contributed by atoms with E-state index in [-0.39, 0.29) is 16.4 Å². The predicted octanol–water partition coefficient (Wildman–Crippen LogP) is 2.34. The maximum Gasteiger partial charge on any atom is 0.326 e. The number of aryl methyl sites for hydroxylation is 1. The van der Waals surface area contributed by atoms with Gasteiger partial charge in [0.1, 0.15) is 6.54 Å². The molecule has 9 nitrogen and oxygen atoms in total. The maximum absolute atomic E-state index is 12.6. The summed E-state index contributed by atoms with van der Waals surface area (Å²) in [6.45, 7) is 5.09. The van der Waals surface area contributed by atoms with Gasteiger partial charge in [0.15, 0.2) is 0 Å². The summed E-state index contributed by atoms with van der Waals surface area (Å²) >= 11 is 0.762. The van der Waals surface area contributed by atoms with E-state index < -0.39 is 33.7 Å². The zero-order valence-electron chi connectivity index (χ0n) is 17.1. The molecule has 0 spiro atoms. The first-order chi connectivity index (χ1) is 14.5. The first-order valence-electron chi connectivity index (χ1n) is 9.26. The minimum Gasteiger partial charge on any atom is -0.465 e. The Bertz CT molecular complexity index is 1200. The number of carbonyl (C=O) groups excluding carboxylic acids is 3. The van der Waals surface area contributed by atoms with Gasteiger partial charge in [-0.1, -0.05) is 0 Å². The summed E-state index contributed by atoms with van der Waals surface area (Å²) in [5, 5.41) is 4.62. The molecule has 1 aromatic carbocycles. The van der Waals surface area contributed by atoms with Crippen molar-refractivity contribution in [2.24, 2.45) is 5.14 Å². The van der Waals surface area contributed by atoms with Gasteiger partial charge in [-0.25, -0.2) is 13.6 Å². The van der Waals surface area contributed by atoms with Crippen LogP contribution in [0.2, 0.25) is 0 Å². The van der Waals surface area contributed by atoms with E-state index in [0.717, 1.165) is 39.3 Å². The molecule has 11 heteroatoms. The van der Waals surface area contributed by atoms with Gasteiger partial charge in [-0.2, -0.15) is 0 Å². The Balaban J connectivity index is 1.90. The number of ether oxygens (including phenoxy) is 1. The number of esters is 1. The topological polar surface area (TPSA) is 129 Å². The van der Waals surface area contributed by atoms with Crippen LogP contribution < -0.4 is 5.14 Å². The zero-order valence-corrected chi connectivity index (χ0v) is 18.7. The summed E-state index contributed by atoms with van der Waals surface area (Å²) in [6, 6.07) is 7.96. The van der Waals surface area contributed by atoms with Crippen molar-refractivity contribution < 1.29 is 27.5 Å². The molecule has 1 aromatic heterocycles. The number of hydrogen-bond donors (Lipinski definition) is 1. The number of primary sulfonamides is 1. The van der Waals surface area contributed by atoms with Gasteiger partial charge >= 0.3 is 5.97 Å². The third kappa shape index (κ3) is 4.73. The Hall–Kier alpha value is -2.89. The highest BCUT2D eigenvalue weighted by atomic mass is 32.2. The third-order valence-electron chi connectivity index (χ3n) is 4.65. The molecule has 2 heterocycles. The molecule has 31 heavy (non-hydrogen) atoms. The second kappa shape index (κ2) is 8.69. The van der Waals surface area contributed by atoms with Crippen molar-refractivity contribution in [3.05, 3.63) is 52.2 Å². The van der Waals surface area contributed by atoms with Gasteiger partial charge in [-0.15, -0.1) is 0 Å². The van der Waals surface area contributed by atoms with E-state index in [1.165, 1.54) is 12.1 Å². The number of hydrogen-bond acceptors (Lipinski definition) is 7. The van der Waals surface area contributed by atoms with Crippen molar-refractivity contribution in [2.75, 3.05) is 13.2 Å². The fraction of sp³-hybridized carbons (Fsp3) is 0.250. The molecular formula is C20H21N3O6S2. The maximum atomic E-state index is 12.6. The average molecular weight is 464 g/mol. The average Bonchev–Trinajstić information content (AvgIpc) is 3.11. The molecule has 0 bridgehead atoms. The van der Waals surface area contributed by atoms with Crippen LogP contribution in [0, 0.1) is 13.8 Å². The molecule has 0 atom stereocenters. The standard InChI is InChI=1S/C20H21N3O6S2/c1-4-29-18(24)11-22-19(25)17(30-20(22)26)10-14-9-12(2)23(13(14)3)15-5-7-16(8-6-15)31(21,27)28/h5-10H,4,11H2,1-3H3,(H2,21,27,28)/b17-10+. The quantitative estimate of drug-likeness (QED) is 0.514. The molecule has 1 aliphatic heterocycles. The highest BCUT2D eigenvalue weighted by Crippen LogP contribution is 2.33. The number of benzene rings is 1. The normalized spacial score (nSPS) is 15.7. The molecule has 1 saturated heterocycles. The van der Waals surface area contributed by atoms with E-state index in [4.69, 9.17) is 9.88 Å². The van der Waals surface area contributed by atoms with Crippen molar-refractivity contribution in [1.82, 2.24) is 9.47 Å². The Kier molecular flexibility index (Phi) is 6.39. The number of imide groups is 1. The van der Waals surface area contributed by atoms with Crippen LogP contribution in [0.3, 0.4) is 0 Å². The fourth-order valence-electron chi connectivity index (χ4n) is 3.23. The molecule has 2 amide bonds.